The molecule has 0 bridgehead atoms. The highest BCUT2D eigenvalue weighted by Gasteiger charge is 2.15. The Balaban J connectivity index is 1.81. The first-order valence-corrected chi connectivity index (χ1v) is 8.36. The van der Waals surface area contributed by atoms with Crippen LogP contribution in [0.15, 0.2) is 36.4 Å². The van der Waals surface area contributed by atoms with Crippen molar-refractivity contribution in [1.29, 1.82) is 0 Å². The van der Waals surface area contributed by atoms with Gasteiger partial charge in [-0.1, -0.05) is 12.1 Å². The van der Waals surface area contributed by atoms with Gasteiger partial charge in [0, 0.05) is 17.7 Å². The van der Waals surface area contributed by atoms with Gasteiger partial charge in [-0.3, -0.25) is 4.79 Å². The van der Waals surface area contributed by atoms with Crippen molar-refractivity contribution in [1.82, 2.24) is 0 Å². The van der Waals surface area contributed by atoms with Crippen molar-refractivity contribution in [2.75, 3.05) is 13.7 Å². The second-order valence-corrected chi connectivity index (χ2v) is 5.99. The first-order valence-electron chi connectivity index (χ1n) is 8.36. The zero-order chi connectivity index (χ0) is 17.6. The van der Waals surface area contributed by atoms with Crippen molar-refractivity contribution < 1.29 is 23.4 Å². The fourth-order valence-corrected chi connectivity index (χ4v) is 2.91. The number of halogens is 1. The molecular weight excluding hydrogens is 323 g/mol. The fourth-order valence-electron chi connectivity index (χ4n) is 2.91. The monoisotopic (exact) mass is 344 g/mol. The van der Waals surface area contributed by atoms with Crippen LogP contribution >= 0.6 is 0 Å². The lowest BCUT2D eigenvalue weighted by Gasteiger charge is -2.22. The van der Waals surface area contributed by atoms with Crippen LogP contribution in [-0.2, 0) is 16.1 Å². The van der Waals surface area contributed by atoms with Gasteiger partial charge >= 0.3 is 0 Å². The third-order valence-electron chi connectivity index (χ3n) is 4.28. The molecule has 0 spiro atoms. The summed E-state index contributed by atoms with van der Waals surface area (Å²) in [5.41, 5.74) is 2.13. The molecule has 1 aliphatic rings. The topological polar surface area (TPSA) is 44.8 Å². The van der Waals surface area contributed by atoms with E-state index in [0.717, 1.165) is 37.7 Å². The van der Waals surface area contributed by atoms with Gasteiger partial charge in [0.15, 0.2) is 12.6 Å². The highest BCUT2D eigenvalue weighted by atomic mass is 19.1. The van der Waals surface area contributed by atoms with Gasteiger partial charge in [0.05, 0.1) is 13.7 Å². The summed E-state index contributed by atoms with van der Waals surface area (Å²) in [4.78, 5) is 11.5. The Labute approximate surface area is 146 Å². The van der Waals surface area contributed by atoms with E-state index in [1.54, 1.807) is 24.3 Å². The molecule has 0 amide bonds. The molecule has 2 aromatic carbocycles. The molecule has 1 aliphatic heterocycles. The van der Waals surface area contributed by atoms with Crippen LogP contribution < -0.4 is 4.74 Å². The van der Waals surface area contributed by atoms with Crippen molar-refractivity contribution in [3.63, 3.8) is 0 Å². The van der Waals surface area contributed by atoms with Crippen molar-refractivity contribution in [2.24, 2.45) is 0 Å². The molecule has 1 heterocycles. The van der Waals surface area contributed by atoms with Gasteiger partial charge < -0.3 is 14.2 Å². The van der Waals surface area contributed by atoms with Crippen molar-refractivity contribution in [3.05, 3.63) is 53.3 Å². The number of benzene rings is 2. The number of hydrogen-bond donors (Lipinski definition) is 0. The largest absolute Gasteiger partial charge is 0.497 e. The van der Waals surface area contributed by atoms with Gasteiger partial charge in [0.2, 0.25) is 0 Å². The minimum atomic E-state index is -0.400. The normalized spacial score (nSPS) is 17.3. The van der Waals surface area contributed by atoms with Gasteiger partial charge in [-0.25, -0.2) is 4.39 Å². The first kappa shape index (κ1) is 17.6. The Morgan fingerprint density at radius 1 is 1.20 bits per heavy atom. The van der Waals surface area contributed by atoms with Gasteiger partial charge in [0.25, 0.3) is 0 Å². The summed E-state index contributed by atoms with van der Waals surface area (Å²) in [5, 5.41) is 0. The molecule has 1 atom stereocenters. The predicted molar refractivity (Wildman–Crippen MR) is 92.2 cm³/mol. The Bertz CT molecular complexity index is 738. The van der Waals surface area contributed by atoms with Crippen LogP contribution in [0, 0.1) is 5.82 Å². The van der Waals surface area contributed by atoms with E-state index in [2.05, 4.69) is 0 Å². The summed E-state index contributed by atoms with van der Waals surface area (Å²) >= 11 is 0. The minimum absolute atomic E-state index is 0.191. The van der Waals surface area contributed by atoms with Crippen LogP contribution in [0.4, 0.5) is 4.39 Å². The summed E-state index contributed by atoms with van der Waals surface area (Å²) in [5.74, 6) is 0.138. The van der Waals surface area contributed by atoms with Crippen molar-refractivity contribution in [2.45, 2.75) is 32.2 Å². The molecule has 0 radical (unpaired) electrons. The first-order chi connectivity index (χ1) is 12.2. The van der Waals surface area contributed by atoms with Gasteiger partial charge in [-0.15, -0.1) is 0 Å². The number of methoxy groups -OCH3 is 1. The maximum atomic E-state index is 14.2. The van der Waals surface area contributed by atoms with Crippen LogP contribution in [-0.4, -0.2) is 26.3 Å². The SMILES string of the molecule is COc1ccc(F)c(-c2ccc(COC3CCCCO3)cc2C=O)c1. The average Bonchev–Trinajstić information content (AvgIpc) is 2.67. The standard InChI is InChI=1S/C20H21FO4/c1-23-16-6-8-19(21)18(11-16)17-7-5-14(10-15(17)12-22)13-25-20-4-2-3-9-24-20/h5-8,10-12,20H,2-4,9,13H2,1H3. The Morgan fingerprint density at radius 3 is 2.80 bits per heavy atom. The molecule has 25 heavy (non-hydrogen) atoms. The second kappa shape index (κ2) is 8.23. The summed E-state index contributed by atoms with van der Waals surface area (Å²) in [6, 6.07) is 9.77. The number of carbonyl (C=O) groups is 1. The molecule has 0 saturated carbocycles. The predicted octanol–water partition coefficient (Wildman–Crippen LogP) is 4.36. The van der Waals surface area contributed by atoms with E-state index in [1.165, 1.54) is 13.2 Å². The summed E-state index contributed by atoms with van der Waals surface area (Å²) in [7, 11) is 1.52. The van der Waals surface area contributed by atoms with E-state index in [4.69, 9.17) is 14.2 Å². The summed E-state index contributed by atoms with van der Waals surface area (Å²) < 4.78 is 30.6. The molecule has 132 valence electrons. The van der Waals surface area contributed by atoms with E-state index in [9.17, 15) is 9.18 Å². The van der Waals surface area contributed by atoms with E-state index in [0.29, 0.717) is 29.0 Å². The van der Waals surface area contributed by atoms with E-state index in [-0.39, 0.29) is 6.29 Å². The van der Waals surface area contributed by atoms with Crippen LogP contribution in [0.2, 0.25) is 0 Å². The number of rotatable bonds is 6. The van der Waals surface area contributed by atoms with Crippen molar-refractivity contribution >= 4 is 6.29 Å². The quantitative estimate of drug-likeness (QED) is 0.731. The lowest BCUT2D eigenvalue weighted by Crippen LogP contribution is -2.22. The van der Waals surface area contributed by atoms with Crippen LogP contribution in [0.3, 0.4) is 0 Å². The molecule has 4 nitrogen and oxygen atoms in total. The van der Waals surface area contributed by atoms with E-state index in [1.807, 2.05) is 6.07 Å². The molecule has 0 N–H and O–H groups in total. The average molecular weight is 344 g/mol. The molecule has 2 aromatic rings. The molecule has 0 aromatic heterocycles. The van der Waals surface area contributed by atoms with E-state index < -0.39 is 5.82 Å². The molecule has 1 unspecified atom stereocenters. The van der Waals surface area contributed by atoms with Crippen LogP contribution in [0.5, 0.6) is 5.75 Å². The zero-order valence-electron chi connectivity index (χ0n) is 14.2. The summed E-state index contributed by atoms with van der Waals surface area (Å²) in [6.07, 6.45) is 3.58. The molecular formula is C20H21FO4. The molecule has 5 heteroatoms. The Kier molecular flexibility index (Phi) is 5.79. The minimum Gasteiger partial charge on any atom is -0.497 e. The van der Waals surface area contributed by atoms with Gasteiger partial charge in [-0.05, 0) is 54.7 Å². The maximum Gasteiger partial charge on any atom is 0.158 e. The highest BCUT2D eigenvalue weighted by molar-refractivity contribution is 5.88. The molecule has 1 fully saturated rings. The molecule has 0 aliphatic carbocycles. The Hall–Kier alpha value is -2.24. The van der Waals surface area contributed by atoms with Gasteiger partial charge in [0.1, 0.15) is 11.6 Å². The van der Waals surface area contributed by atoms with Crippen molar-refractivity contribution in [3.8, 4) is 16.9 Å². The fraction of sp³-hybridized carbons (Fsp3) is 0.350. The van der Waals surface area contributed by atoms with E-state index >= 15 is 0 Å². The highest BCUT2D eigenvalue weighted by Crippen LogP contribution is 2.30. The second-order valence-electron chi connectivity index (χ2n) is 5.99. The van der Waals surface area contributed by atoms with Crippen LogP contribution in [0.1, 0.15) is 35.2 Å². The molecule has 3 rings (SSSR count). The number of aldehydes is 1. The van der Waals surface area contributed by atoms with Crippen LogP contribution in [0.25, 0.3) is 11.1 Å². The lowest BCUT2D eigenvalue weighted by molar-refractivity contribution is -0.168. The summed E-state index contributed by atoms with van der Waals surface area (Å²) in [6.45, 7) is 1.07. The lowest BCUT2D eigenvalue weighted by atomic mass is 9.97. The number of hydrogen-bond acceptors (Lipinski definition) is 4. The third-order valence-corrected chi connectivity index (χ3v) is 4.28. The zero-order valence-corrected chi connectivity index (χ0v) is 14.2. The number of ether oxygens (including phenoxy) is 3. The van der Waals surface area contributed by atoms with Gasteiger partial charge in [-0.2, -0.15) is 0 Å². The number of carbonyl (C=O) groups excluding carboxylic acids is 1. The third kappa shape index (κ3) is 4.24. The molecule has 1 saturated heterocycles. The Morgan fingerprint density at radius 2 is 2.08 bits per heavy atom. The smallest absolute Gasteiger partial charge is 0.158 e. The maximum absolute atomic E-state index is 14.2.